The Bertz CT molecular complexity index is 974. The van der Waals surface area contributed by atoms with Crippen molar-refractivity contribution in [2.24, 2.45) is 4.99 Å². The molecule has 2 aromatic carbocycles. The average Bonchev–Trinajstić information content (AvgIpc) is 3.50. The zero-order valence-electron chi connectivity index (χ0n) is 16.1. The summed E-state index contributed by atoms with van der Waals surface area (Å²) in [5.41, 5.74) is 1.03. The maximum Gasteiger partial charge on any atom is 0.240 e. The van der Waals surface area contributed by atoms with Crippen LogP contribution in [0.3, 0.4) is 0 Å². The lowest BCUT2D eigenvalue weighted by molar-refractivity contribution is 0.580. The molecule has 156 valence electrons. The molecule has 0 atom stereocenters. The van der Waals surface area contributed by atoms with Crippen LogP contribution in [0.5, 0.6) is 0 Å². The molecule has 3 N–H and O–H groups in total. The fourth-order valence-electron chi connectivity index (χ4n) is 2.63. The third kappa shape index (κ3) is 6.23. The number of rotatable bonds is 8. The highest BCUT2D eigenvalue weighted by Crippen LogP contribution is 2.22. The Morgan fingerprint density at radius 3 is 2.48 bits per heavy atom. The van der Waals surface area contributed by atoms with Gasteiger partial charge < -0.3 is 10.6 Å². The Balaban J connectivity index is 1.62. The van der Waals surface area contributed by atoms with E-state index in [4.69, 9.17) is 0 Å². The molecule has 0 unspecified atom stereocenters. The van der Waals surface area contributed by atoms with E-state index in [-0.39, 0.29) is 23.0 Å². The summed E-state index contributed by atoms with van der Waals surface area (Å²) in [7, 11) is -3.48. The van der Waals surface area contributed by atoms with Gasteiger partial charge in [0.05, 0.1) is 11.4 Å². The number of hydrogen-bond acceptors (Lipinski definition) is 3. The molecule has 0 saturated heterocycles. The van der Waals surface area contributed by atoms with Gasteiger partial charge >= 0.3 is 0 Å². The number of benzene rings is 2. The lowest BCUT2D eigenvalue weighted by Crippen LogP contribution is -2.37. The molecular formula is C20H24F2N4O2S. The Hall–Kier alpha value is -2.52. The predicted octanol–water partition coefficient (Wildman–Crippen LogP) is 2.66. The average molecular weight is 423 g/mol. The number of guanidine groups is 1. The molecule has 1 aliphatic carbocycles. The molecular weight excluding hydrogens is 398 g/mol. The second-order valence-electron chi connectivity index (χ2n) is 6.82. The van der Waals surface area contributed by atoms with Crippen molar-refractivity contribution in [3.63, 3.8) is 0 Å². The van der Waals surface area contributed by atoms with Gasteiger partial charge in [-0.25, -0.2) is 26.9 Å². The first-order valence-electron chi connectivity index (χ1n) is 9.45. The SMILES string of the molecule is CCNC(=NCc1ccc(S(=O)(=O)NC2CC2)cc1)NCc1cc(F)ccc1F. The number of sulfonamides is 1. The van der Waals surface area contributed by atoms with E-state index in [2.05, 4.69) is 20.3 Å². The summed E-state index contributed by atoms with van der Waals surface area (Å²) in [6, 6.07) is 9.88. The van der Waals surface area contributed by atoms with Crippen LogP contribution in [0.15, 0.2) is 52.4 Å². The van der Waals surface area contributed by atoms with Crippen LogP contribution < -0.4 is 15.4 Å². The van der Waals surface area contributed by atoms with Gasteiger partial charge in [0.2, 0.25) is 10.0 Å². The van der Waals surface area contributed by atoms with E-state index < -0.39 is 21.7 Å². The minimum atomic E-state index is -3.48. The zero-order valence-corrected chi connectivity index (χ0v) is 16.9. The molecule has 0 aromatic heterocycles. The molecule has 0 radical (unpaired) electrons. The van der Waals surface area contributed by atoms with Crippen molar-refractivity contribution < 1.29 is 17.2 Å². The van der Waals surface area contributed by atoms with Crippen LogP contribution in [0.2, 0.25) is 0 Å². The summed E-state index contributed by atoms with van der Waals surface area (Å²) < 4.78 is 54.1. The maximum atomic E-state index is 13.8. The fourth-order valence-corrected chi connectivity index (χ4v) is 3.94. The monoisotopic (exact) mass is 422 g/mol. The molecule has 0 spiro atoms. The van der Waals surface area contributed by atoms with Crippen molar-refractivity contribution in [3.8, 4) is 0 Å². The van der Waals surface area contributed by atoms with Crippen LogP contribution in [0.25, 0.3) is 0 Å². The highest BCUT2D eigenvalue weighted by atomic mass is 32.2. The van der Waals surface area contributed by atoms with Gasteiger partial charge in [-0.05, 0) is 55.7 Å². The van der Waals surface area contributed by atoms with E-state index in [9.17, 15) is 17.2 Å². The second kappa shape index (κ2) is 9.32. The zero-order chi connectivity index (χ0) is 20.9. The first kappa shape index (κ1) is 21.2. The van der Waals surface area contributed by atoms with E-state index in [0.717, 1.165) is 36.6 Å². The predicted molar refractivity (Wildman–Crippen MR) is 108 cm³/mol. The molecule has 9 heteroatoms. The van der Waals surface area contributed by atoms with Gasteiger partial charge in [-0.2, -0.15) is 0 Å². The Morgan fingerprint density at radius 1 is 1.10 bits per heavy atom. The second-order valence-corrected chi connectivity index (χ2v) is 8.54. The van der Waals surface area contributed by atoms with E-state index in [1.165, 1.54) is 0 Å². The highest BCUT2D eigenvalue weighted by molar-refractivity contribution is 7.89. The van der Waals surface area contributed by atoms with E-state index in [1.807, 2.05) is 6.92 Å². The Labute approximate surface area is 169 Å². The molecule has 0 heterocycles. The van der Waals surface area contributed by atoms with Gasteiger partial charge in [-0.15, -0.1) is 0 Å². The number of halogens is 2. The topological polar surface area (TPSA) is 82.6 Å². The van der Waals surface area contributed by atoms with Gasteiger partial charge in [0.15, 0.2) is 5.96 Å². The molecule has 1 saturated carbocycles. The minimum Gasteiger partial charge on any atom is -0.357 e. The van der Waals surface area contributed by atoms with Gasteiger partial charge in [-0.1, -0.05) is 12.1 Å². The summed E-state index contributed by atoms with van der Waals surface area (Å²) in [5.74, 6) is -0.550. The normalized spacial score (nSPS) is 14.7. The smallest absolute Gasteiger partial charge is 0.240 e. The lowest BCUT2D eigenvalue weighted by Gasteiger charge is -2.12. The van der Waals surface area contributed by atoms with Crippen molar-refractivity contribution in [3.05, 3.63) is 65.2 Å². The minimum absolute atomic E-state index is 0.0564. The van der Waals surface area contributed by atoms with E-state index in [1.54, 1.807) is 24.3 Å². The third-order valence-electron chi connectivity index (χ3n) is 4.35. The van der Waals surface area contributed by atoms with Crippen molar-refractivity contribution >= 4 is 16.0 Å². The maximum absolute atomic E-state index is 13.8. The largest absolute Gasteiger partial charge is 0.357 e. The quantitative estimate of drug-likeness (QED) is 0.451. The van der Waals surface area contributed by atoms with E-state index in [0.29, 0.717) is 19.0 Å². The van der Waals surface area contributed by atoms with Crippen molar-refractivity contribution in [1.29, 1.82) is 0 Å². The molecule has 0 aliphatic heterocycles. The summed E-state index contributed by atoms with van der Waals surface area (Å²) in [5, 5.41) is 6.00. The highest BCUT2D eigenvalue weighted by Gasteiger charge is 2.27. The van der Waals surface area contributed by atoms with Crippen LogP contribution in [-0.4, -0.2) is 27.0 Å². The first-order valence-corrected chi connectivity index (χ1v) is 10.9. The van der Waals surface area contributed by atoms with Crippen LogP contribution in [0, 0.1) is 11.6 Å². The molecule has 3 rings (SSSR count). The standard InChI is InChI=1S/C20H24F2N4O2S/c1-2-23-20(25-13-15-11-16(21)5-10-19(15)22)24-12-14-3-8-18(9-4-14)29(27,28)26-17-6-7-17/h3-5,8-11,17,26H,2,6-7,12-13H2,1H3,(H2,23,24,25). The van der Waals surface area contributed by atoms with Gasteiger partial charge in [-0.3, -0.25) is 0 Å². The van der Waals surface area contributed by atoms with Crippen molar-refractivity contribution in [2.45, 2.75) is 43.8 Å². The van der Waals surface area contributed by atoms with Crippen molar-refractivity contribution in [1.82, 2.24) is 15.4 Å². The molecule has 6 nitrogen and oxygen atoms in total. The summed E-state index contributed by atoms with van der Waals surface area (Å²) in [6.45, 7) is 2.88. The molecule has 1 fully saturated rings. The van der Waals surface area contributed by atoms with Crippen molar-refractivity contribution in [2.75, 3.05) is 6.54 Å². The summed E-state index contributed by atoms with van der Waals surface area (Å²) in [6.07, 6.45) is 1.76. The van der Waals surface area contributed by atoms with Gasteiger partial charge in [0.1, 0.15) is 11.6 Å². The Kier molecular flexibility index (Phi) is 6.81. The third-order valence-corrected chi connectivity index (χ3v) is 5.89. The van der Waals surface area contributed by atoms with E-state index >= 15 is 0 Å². The molecule has 29 heavy (non-hydrogen) atoms. The van der Waals surface area contributed by atoms with Crippen LogP contribution >= 0.6 is 0 Å². The molecule has 2 aromatic rings. The number of hydrogen-bond donors (Lipinski definition) is 3. The van der Waals surface area contributed by atoms with Crippen LogP contribution in [0.1, 0.15) is 30.9 Å². The summed E-state index contributed by atoms with van der Waals surface area (Å²) in [4.78, 5) is 4.64. The number of nitrogens with zero attached hydrogens (tertiary/aromatic N) is 1. The summed E-state index contributed by atoms with van der Waals surface area (Å²) >= 11 is 0. The number of nitrogens with one attached hydrogen (secondary N) is 3. The Morgan fingerprint density at radius 2 is 1.83 bits per heavy atom. The van der Waals surface area contributed by atoms with Crippen LogP contribution in [-0.2, 0) is 23.1 Å². The molecule has 0 bridgehead atoms. The van der Waals surface area contributed by atoms with Gasteiger partial charge in [0.25, 0.3) is 0 Å². The number of aliphatic imine (C=N–C) groups is 1. The van der Waals surface area contributed by atoms with Crippen LogP contribution in [0.4, 0.5) is 8.78 Å². The lowest BCUT2D eigenvalue weighted by atomic mass is 10.2. The fraction of sp³-hybridized carbons (Fsp3) is 0.350. The van der Waals surface area contributed by atoms with Gasteiger partial charge in [0, 0.05) is 24.7 Å². The molecule has 0 amide bonds. The molecule has 1 aliphatic rings. The first-order chi connectivity index (χ1) is 13.9.